The summed E-state index contributed by atoms with van der Waals surface area (Å²) in [7, 11) is 0. The predicted octanol–water partition coefficient (Wildman–Crippen LogP) is 2.17. The van der Waals surface area contributed by atoms with E-state index < -0.39 is 0 Å². The Kier molecular flexibility index (Phi) is 3.44. The minimum Gasteiger partial charge on any atom is -0.322 e. The van der Waals surface area contributed by atoms with E-state index in [0.717, 1.165) is 16.8 Å². The van der Waals surface area contributed by atoms with Crippen molar-refractivity contribution in [1.82, 2.24) is 9.97 Å². The first-order chi connectivity index (χ1) is 8.16. The molecule has 0 amide bonds. The lowest BCUT2D eigenvalue weighted by Crippen LogP contribution is -2.15. The first kappa shape index (κ1) is 11.7. The van der Waals surface area contributed by atoms with Gasteiger partial charge in [0.05, 0.1) is 11.7 Å². The summed E-state index contributed by atoms with van der Waals surface area (Å²) in [6.07, 6.45) is 5.40. The van der Waals surface area contributed by atoms with E-state index in [4.69, 9.17) is 5.73 Å². The molecular formula is C13H14FN3. The van der Waals surface area contributed by atoms with Crippen molar-refractivity contribution in [2.45, 2.75) is 19.4 Å². The van der Waals surface area contributed by atoms with Gasteiger partial charge in [0.2, 0.25) is 0 Å². The Labute approximate surface area is 99.5 Å². The molecule has 0 aliphatic carbocycles. The van der Waals surface area contributed by atoms with E-state index in [0.29, 0.717) is 6.42 Å². The third-order valence-electron chi connectivity index (χ3n) is 2.71. The third kappa shape index (κ3) is 2.85. The second kappa shape index (κ2) is 5.01. The van der Waals surface area contributed by atoms with Gasteiger partial charge < -0.3 is 5.73 Å². The van der Waals surface area contributed by atoms with E-state index in [1.807, 2.05) is 6.92 Å². The van der Waals surface area contributed by atoms with Crippen LogP contribution in [0.1, 0.15) is 22.9 Å². The van der Waals surface area contributed by atoms with Crippen LogP contribution in [0.4, 0.5) is 4.39 Å². The lowest BCUT2D eigenvalue weighted by molar-refractivity contribution is 0.619. The minimum atomic E-state index is -0.260. The van der Waals surface area contributed by atoms with Crippen molar-refractivity contribution >= 4 is 0 Å². The maximum atomic E-state index is 13.1. The second-order valence-electron chi connectivity index (χ2n) is 4.01. The van der Waals surface area contributed by atoms with Gasteiger partial charge in [-0.2, -0.15) is 0 Å². The molecule has 4 heteroatoms. The number of rotatable bonds is 3. The quantitative estimate of drug-likeness (QED) is 0.880. The van der Waals surface area contributed by atoms with E-state index in [9.17, 15) is 4.39 Å². The molecule has 0 spiro atoms. The van der Waals surface area contributed by atoms with E-state index in [1.54, 1.807) is 24.7 Å². The fourth-order valence-electron chi connectivity index (χ4n) is 1.70. The minimum absolute atomic E-state index is 0.239. The van der Waals surface area contributed by atoms with Crippen LogP contribution in [0.3, 0.4) is 0 Å². The van der Waals surface area contributed by atoms with Crippen LogP contribution in [-0.4, -0.2) is 9.97 Å². The van der Waals surface area contributed by atoms with Gasteiger partial charge in [0, 0.05) is 18.6 Å². The van der Waals surface area contributed by atoms with Gasteiger partial charge in [0.25, 0.3) is 0 Å². The summed E-state index contributed by atoms with van der Waals surface area (Å²) in [5.74, 6) is -0.239. The highest BCUT2D eigenvalue weighted by atomic mass is 19.1. The molecule has 2 aromatic rings. The zero-order chi connectivity index (χ0) is 12.3. The topological polar surface area (TPSA) is 51.8 Å². The molecule has 0 bridgehead atoms. The second-order valence-corrected chi connectivity index (χ2v) is 4.01. The fraction of sp³-hybridized carbons (Fsp3) is 0.231. The van der Waals surface area contributed by atoms with Crippen molar-refractivity contribution in [2.75, 3.05) is 0 Å². The largest absolute Gasteiger partial charge is 0.322 e. The molecule has 1 aromatic heterocycles. The van der Waals surface area contributed by atoms with Gasteiger partial charge in [0.1, 0.15) is 5.82 Å². The van der Waals surface area contributed by atoms with Crippen LogP contribution in [0, 0.1) is 12.7 Å². The first-order valence-corrected chi connectivity index (χ1v) is 5.43. The molecule has 88 valence electrons. The maximum absolute atomic E-state index is 13.1. The predicted molar refractivity (Wildman–Crippen MR) is 63.8 cm³/mol. The Morgan fingerprint density at radius 2 is 2.18 bits per heavy atom. The molecule has 1 heterocycles. The molecule has 0 aliphatic rings. The molecule has 2 N–H and O–H groups in total. The highest BCUT2D eigenvalue weighted by Crippen LogP contribution is 2.17. The Bertz CT molecular complexity index is 499. The molecule has 1 aromatic carbocycles. The Balaban J connectivity index is 2.18. The van der Waals surface area contributed by atoms with Crippen molar-refractivity contribution in [3.05, 3.63) is 59.4 Å². The van der Waals surface area contributed by atoms with Gasteiger partial charge in [0.15, 0.2) is 0 Å². The number of aromatic nitrogens is 2. The van der Waals surface area contributed by atoms with Gasteiger partial charge in [-0.15, -0.1) is 0 Å². The summed E-state index contributed by atoms with van der Waals surface area (Å²) in [4.78, 5) is 8.12. The van der Waals surface area contributed by atoms with Crippen molar-refractivity contribution in [1.29, 1.82) is 0 Å². The maximum Gasteiger partial charge on any atom is 0.123 e. The van der Waals surface area contributed by atoms with Crippen LogP contribution in [0.2, 0.25) is 0 Å². The van der Waals surface area contributed by atoms with Gasteiger partial charge in [-0.3, -0.25) is 9.97 Å². The summed E-state index contributed by atoms with van der Waals surface area (Å²) >= 11 is 0. The molecule has 0 saturated carbocycles. The summed E-state index contributed by atoms with van der Waals surface area (Å²) in [5.41, 5.74) is 8.68. The van der Waals surface area contributed by atoms with Gasteiger partial charge >= 0.3 is 0 Å². The third-order valence-corrected chi connectivity index (χ3v) is 2.71. The molecule has 0 aliphatic heterocycles. The zero-order valence-corrected chi connectivity index (χ0v) is 9.60. The van der Waals surface area contributed by atoms with Crippen LogP contribution in [0.15, 0.2) is 36.8 Å². The average molecular weight is 231 g/mol. The van der Waals surface area contributed by atoms with Gasteiger partial charge in [-0.05, 0) is 36.6 Å². The molecule has 0 fully saturated rings. The monoisotopic (exact) mass is 231 g/mol. The normalized spacial score (nSPS) is 12.4. The summed E-state index contributed by atoms with van der Waals surface area (Å²) in [6, 6.07) is 4.47. The molecule has 17 heavy (non-hydrogen) atoms. The van der Waals surface area contributed by atoms with E-state index in [2.05, 4.69) is 9.97 Å². The molecule has 1 unspecified atom stereocenters. The molecule has 1 atom stereocenters. The molecule has 3 nitrogen and oxygen atoms in total. The fourth-order valence-corrected chi connectivity index (χ4v) is 1.70. The van der Waals surface area contributed by atoms with Crippen LogP contribution in [0.25, 0.3) is 0 Å². The number of halogens is 1. The Morgan fingerprint density at radius 3 is 2.88 bits per heavy atom. The molecule has 2 rings (SSSR count). The molecule has 0 saturated heterocycles. The van der Waals surface area contributed by atoms with Crippen molar-refractivity contribution < 1.29 is 4.39 Å². The first-order valence-electron chi connectivity index (χ1n) is 5.43. The highest BCUT2D eigenvalue weighted by molar-refractivity contribution is 5.28. The SMILES string of the molecule is Cc1ccc(F)cc1CC(N)c1cnccn1. The lowest BCUT2D eigenvalue weighted by Gasteiger charge is -2.12. The number of aryl methyl sites for hydroxylation is 1. The Hall–Kier alpha value is -1.81. The van der Waals surface area contributed by atoms with Crippen LogP contribution >= 0.6 is 0 Å². The molecular weight excluding hydrogens is 217 g/mol. The highest BCUT2D eigenvalue weighted by Gasteiger charge is 2.10. The standard InChI is InChI=1S/C13H14FN3/c1-9-2-3-11(14)6-10(9)7-12(15)13-8-16-4-5-17-13/h2-6,8,12H,7,15H2,1H3. The van der Waals surface area contributed by atoms with Gasteiger partial charge in [-0.1, -0.05) is 6.07 Å². The van der Waals surface area contributed by atoms with Crippen LogP contribution in [0.5, 0.6) is 0 Å². The molecule has 0 radical (unpaired) electrons. The van der Waals surface area contributed by atoms with Crippen LogP contribution < -0.4 is 5.73 Å². The number of nitrogens with zero attached hydrogens (tertiary/aromatic N) is 2. The summed E-state index contributed by atoms with van der Waals surface area (Å²) in [5, 5.41) is 0. The summed E-state index contributed by atoms with van der Waals surface area (Å²) in [6.45, 7) is 1.94. The van der Waals surface area contributed by atoms with E-state index in [-0.39, 0.29) is 11.9 Å². The number of benzene rings is 1. The van der Waals surface area contributed by atoms with Gasteiger partial charge in [-0.25, -0.2) is 4.39 Å². The number of hydrogen-bond donors (Lipinski definition) is 1. The number of nitrogens with two attached hydrogens (primary N) is 1. The van der Waals surface area contributed by atoms with Crippen molar-refractivity contribution in [2.24, 2.45) is 5.73 Å². The van der Waals surface area contributed by atoms with Crippen molar-refractivity contribution in [3.63, 3.8) is 0 Å². The summed E-state index contributed by atoms with van der Waals surface area (Å²) < 4.78 is 13.1. The van der Waals surface area contributed by atoms with E-state index in [1.165, 1.54) is 12.1 Å². The smallest absolute Gasteiger partial charge is 0.123 e. The Morgan fingerprint density at radius 1 is 1.35 bits per heavy atom. The van der Waals surface area contributed by atoms with Crippen molar-refractivity contribution in [3.8, 4) is 0 Å². The number of hydrogen-bond acceptors (Lipinski definition) is 3. The van der Waals surface area contributed by atoms with Crippen LogP contribution in [-0.2, 0) is 6.42 Å². The zero-order valence-electron chi connectivity index (χ0n) is 9.60. The average Bonchev–Trinajstić information content (AvgIpc) is 2.35. The lowest BCUT2D eigenvalue weighted by atomic mass is 10.00. The van der Waals surface area contributed by atoms with E-state index >= 15 is 0 Å².